The summed E-state index contributed by atoms with van der Waals surface area (Å²) in [6, 6.07) is 13.9. The summed E-state index contributed by atoms with van der Waals surface area (Å²) in [7, 11) is -1.54. The molecule has 2 rings (SSSR count). The molecule has 1 aromatic carbocycles. The SMILES string of the molecule is CC[Si](CC)(C1=C(C(C)(C)C)C=CC1)c1ccccc1. The van der Waals surface area contributed by atoms with E-state index in [0.29, 0.717) is 0 Å². The van der Waals surface area contributed by atoms with Crippen LogP contribution >= 0.6 is 0 Å². The minimum Gasteiger partial charge on any atom is -0.0805 e. The Morgan fingerprint density at radius 1 is 1.00 bits per heavy atom. The van der Waals surface area contributed by atoms with Crippen LogP contribution in [-0.2, 0) is 0 Å². The maximum atomic E-state index is 2.40. The Labute approximate surface area is 125 Å². The third kappa shape index (κ3) is 2.56. The zero-order chi connectivity index (χ0) is 14.8. The maximum Gasteiger partial charge on any atom is 0.113 e. The first-order chi connectivity index (χ1) is 9.45. The van der Waals surface area contributed by atoms with Crippen LogP contribution in [-0.4, -0.2) is 8.07 Å². The van der Waals surface area contributed by atoms with Gasteiger partial charge in [-0.3, -0.25) is 0 Å². The molecule has 0 saturated carbocycles. The second kappa shape index (κ2) is 5.73. The van der Waals surface area contributed by atoms with E-state index in [4.69, 9.17) is 0 Å². The second-order valence-corrected chi connectivity index (χ2v) is 11.7. The molecule has 1 heteroatoms. The topological polar surface area (TPSA) is 0 Å². The third-order valence-corrected chi connectivity index (χ3v) is 10.3. The molecule has 20 heavy (non-hydrogen) atoms. The Morgan fingerprint density at radius 2 is 1.60 bits per heavy atom. The lowest BCUT2D eigenvalue weighted by atomic mass is 9.87. The summed E-state index contributed by atoms with van der Waals surface area (Å²) in [4.78, 5) is 0. The van der Waals surface area contributed by atoms with Gasteiger partial charge in [-0.2, -0.15) is 0 Å². The Balaban J connectivity index is 2.61. The molecule has 0 radical (unpaired) electrons. The van der Waals surface area contributed by atoms with Crippen molar-refractivity contribution in [3.05, 3.63) is 53.3 Å². The van der Waals surface area contributed by atoms with Crippen molar-refractivity contribution in [2.75, 3.05) is 0 Å². The molecule has 0 N–H and O–H groups in total. The Morgan fingerprint density at radius 3 is 2.10 bits per heavy atom. The van der Waals surface area contributed by atoms with Gasteiger partial charge in [0.05, 0.1) is 0 Å². The van der Waals surface area contributed by atoms with Crippen molar-refractivity contribution in [3.63, 3.8) is 0 Å². The molecule has 0 amide bonds. The van der Waals surface area contributed by atoms with Crippen molar-refractivity contribution < 1.29 is 0 Å². The molecule has 0 fully saturated rings. The van der Waals surface area contributed by atoms with Gasteiger partial charge in [0.2, 0.25) is 0 Å². The predicted octanol–water partition coefficient (Wildman–Crippen LogP) is 5.22. The standard InChI is InChI=1S/C19H28Si/c1-6-20(7-2,16-12-9-8-10-13-16)18-15-11-14-17(18)19(3,4)5/h8-14H,6-7,15H2,1-5H3. The van der Waals surface area contributed by atoms with Gasteiger partial charge >= 0.3 is 0 Å². The fourth-order valence-corrected chi connectivity index (χ4v) is 8.51. The van der Waals surface area contributed by atoms with Crippen LogP contribution in [0.3, 0.4) is 0 Å². The van der Waals surface area contributed by atoms with Crippen molar-refractivity contribution in [1.82, 2.24) is 0 Å². The van der Waals surface area contributed by atoms with Crippen molar-refractivity contribution >= 4 is 13.3 Å². The number of allylic oxidation sites excluding steroid dienone is 4. The van der Waals surface area contributed by atoms with Gasteiger partial charge in [0.25, 0.3) is 0 Å². The summed E-state index contributed by atoms with van der Waals surface area (Å²) < 4.78 is 0. The predicted molar refractivity (Wildman–Crippen MR) is 93.0 cm³/mol. The quantitative estimate of drug-likeness (QED) is 0.665. The van der Waals surface area contributed by atoms with E-state index in [1.165, 1.54) is 18.5 Å². The van der Waals surface area contributed by atoms with E-state index in [0.717, 1.165) is 0 Å². The fraction of sp³-hybridized carbons (Fsp3) is 0.474. The fourth-order valence-electron chi connectivity index (χ4n) is 3.68. The Kier molecular flexibility index (Phi) is 4.39. The Hall–Kier alpha value is -1.08. The van der Waals surface area contributed by atoms with E-state index in [9.17, 15) is 0 Å². The first-order valence-electron chi connectivity index (χ1n) is 7.92. The molecule has 1 aliphatic carbocycles. The molecule has 0 saturated heterocycles. The van der Waals surface area contributed by atoms with Crippen LogP contribution in [0.1, 0.15) is 41.0 Å². The van der Waals surface area contributed by atoms with E-state index in [2.05, 4.69) is 77.1 Å². The molecule has 0 unspecified atom stereocenters. The van der Waals surface area contributed by atoms with Crippen LogP contribution in [0.25, 0.3) is 0 Å². The summed E-state index contributed by atoms with van der Waals surface area (Å²) in [6.45, 7) is 11.9. The summed E-state index contributed by atoms with van der Waals surface area (Å²) >= 11 is 0. The normalized spacial score (nSPS) is 16.1. The minimum absolute atomic E-state index is 0.264. The van der Waals surface area contributed by atoms with Gasteiger partial charge < -0.3 is 0 Å². The summed E-state index contributed by atoms with van der Waals surface area (Å²) in [5.74, 6) is 0. The molecule has 0 aromatic heterocycles. The minimum atomic E-state index is -1.54. The van der Waals surface area contributed by atoms with Crippen molar-refractivity contribution in [1.29, 1.82) is 0 Å². The highest BCUT2D eigenvalue weighted by Gasteiger charge is 2.39. The molecule has 1 aliphatic rings. The third-order valence-electron chi connectivity index (χ3n) is 4.85. The van der Waals surface area contributed by atoms with E-state index >= 15 is 0 Å². The van der Waals surface area contributed by atoms with Crippen LogP contribution in [0.15, 0.2) is 53.3 Å². The van der Waals surface area contributed by atoms with Gasteiger partial charge in [0.1, 0.15) is 8.07 Å². The summed E-state index contributed by atoms with van der Waals surface area (Å²) in [5.41, 5.74) is 1.87. The van der Waals surface area contributed by atoms with Crippen molar-refractivity contribution in [2.45, 2.75) is 53.1 Å². The summed E-state index contributed by atoms with van der Waals surface area (Å²) in [6.07, 6.45) is 5.95. The average molecular weight is 285 g/mol. The van der Waals surface area contributed by atoms with E-state index in [1.54, 1.807) is 16.0 Å². The molecule has 0 nitrogen and oxygen atoms in total. The van der Waals surface area contributed by atoms with Crippen LogP contribution < -0.4 is 5.19 Å². The maximum absolute atomic E-state index is 2.40. The molecular formula is C19H28Si. The van der Waals surface area contributed by atoms with Crippen LogP contribution in [0.4, 0.5) is 0 Å². The molecule has 0 spiro atoms. The molecular weight excluding hydrogens is 256 g/mol. The van der Waals surface area contributed by atoms with Gasteiger partial charge in [0.15, 0.2) is 0 Å². The van der Waals surface area contributed by atoms with Gasteiger partial charge in [-0.05, 0) is 17.4 Å². The van der Waals surface area contributed by atoms with E-state index in [-0.39, 0.29) is 5.41 Å². The molecule has 0 aliphatic heterocycles. The number of rotatable bonds is 4. The van der Waals surface area contributed by atoms with Gasteiger partial charge in [-0.15, -0.1) is 0 Å². The number of benzene rings is 1. The second-order valence-electron chi connectivity index (χ2n) is 6.90. The zero-order valence-corrected chi connectivity index (χ0v) is 14.7. The monoisotopic (exact) mass is 284 g/mol. The summed E-state index contributed by atoms with van der Waals surface area (Å²) in [5, 5.41) is 3.40. The Bertz CT molecular complexity index is 510. The average Bonchev–Trinajstić information content (AvgIpc) is 2.92. The lowest BCUT2D eigenvalue weighted by Crippen LogP contribution is -2.49. The highest BCUT2D eigenvalue weighted by atomic mass is 28.3. The van der Waals surface area contributed by atoms with Gasteiger partial charge in [0, 0.05) is 0 Å². The van der Waals surface area contributed by atoms with Crippen LogP contribution in [0.5, 0.6) is 0 Å². The number of hydrogen-bond donors (Lipinski definition) is 0. The smallest absolute Gasteiger partial charge is 0.0805 e. The van der Waals surface area contributed by atoms with Crippen molar-refractivity contribution in [2.24, 2.45) is 5.41 Å². The first-order valence-corrected chi connectivity index (χ1v) is 10.3. The lowest BCUT2D eigenvalue weighted by molar-refractivity contribution is 0.516. The lowest BCUT2D eigenvalue weighted by Gasteiger charge is -2.36. The van der Waals surface area contributed by atoms with E-state index in [1.807, 2.05) is 0 Å². The van der Waals surface area contributed by atoms with Crippen LogP contribution in [0.2, 0.25) is 12.1 Å². The van der Waals surface area contributed by atoms with Gasteiger partial charge in [-0.25, -0.2) is 0 Å². The van der Waals surface area contributed by atoms with Crippen LogP contribution in [0, 0.1) is 5.41 Å². The molecule has 1 aromatic rings. The van der Waals surface area contributed by atoms with Gasteiger partial charge in [-0.1, -0.05) is 99.6 Å². The highest BCUT2D eigenvalue weighted by Crippen LogP contribution is 2.40. The molecule has 0 bridgehead atoms. The first kappa shape index (κ1) is 15.3. The number of hydrogen-bond acceptors (Lipinski definition) is 0. The zero-order valence-electron chi connectivity index (χ0n) is 13.7. The highest BCUT2D eigenvalue weighted by molar-refractivity contribution is 6.97. The molecule has 108 valence electrons. The van der Waals surface area contributed by atoms with E-state index < -0.39 is 8.07 Å². The van der Waals surface area contributed by atoms with Crippen molar-refractivity contribution in [3.8, 4) is 0 Å². The molecule has 0 atom stereocenters. The molecule has 0 heterocycles. The largest absolute Gasteiger partial charge is 0.113 e.